The fraction of sp³-hybridized carbons (Fsp3) is 0.375. The van der Waals surface area contributed by atoms with Crippen LogP contribution in [0, 0.1) is 5.82 Å². The number of imidazole rings is 1. The average molecular weight is 342 g/mol. The summed E-state index contributed by atoms with van der Waals surface area (Å²) in [4.78, 5) is 4.38. The number of benzene rings is 1. The zero-order chi connectivity index (χ0) is 17.1. The SMILES string of the molecule is Fc1cccc(Cc2nnnn2CCCn2cnc3c2CNCN3)c1. The van der Waals surface area contributed by atoms with Crippen molar-refractivity contribution in [3.05, 3.63) is 53.5 Å². The number of nitrogens with one attached hydrogen (secondary N) is 2. The molecule has 0 saturated heterocycles. The summed E-state index contributed by atoms with van der Waals surface area (Å²) in [6.07, 6.45) is 3.25. The van der Waals surface area contributed by atoms with E-state index in [1.807, 2.05) is 12.4 Å². The first-order chi connectivity index (χ1) is 12.3. The first-order valence-corrected chi connectivity index (χ1v) is 8.27. The van der Waals surface area contributed by atoms with E-state index < -0.39 is 0 Å². The third kappa shape index (κ3) is 3.50. The van der Waals surface area contributed by atoms with Crippen LogP contribution in [-0.4, -0.2) is 36.4 Å². The topological polar surface area (TPSA) is 85.5 Å². The number of rotatable bonds is 6. The van der Waals surface area contributed by atoms with Crippen molar-refractivity contribution < 1.29 is 4.39 Å². The van der Waals surface area contributed by atoms with Gasteiger partial charge in [-0.05, 0) is 34.5 Å². The molecule has 9 heteroatoms. The lowest BCUT2D eigenvalue weighted by Gasteiger charge is -2.16. The predicted molar refractivity (Wildman–Crippen MR) is 89.2 cm³/mol. The second-order valence-electron chi connectivity index (χ2n) is 5.99. The van der Waals surface area contributed by atoms with Crippen molar-refractivity contribution >= 4 is 5.82 Å². The van der Waals surface area contributed by atoms with Crippen molar-refractivity contribution in [2.24, 2.45) is 0 Å². The van der Waals surface area contributed by atoms with Crippen LogP contribution in [0.5, 0.6) is 0 Å². The summed E-state index contributed by atoms with van der Waals surface area (Å²) < 4.78 is 17.2. The number of aromatic nitrogens is 6. The van der Waals surface area contributed by atoms with Crippen molar-refractivity contribution in [1.82, 2.24) is 35.1 Å². The highest BCUT2D eigenvalue weighted by Crippen LogP contribution is 2.16. The zero-order valence-corrected chi connectivity index (χ0v) is 13.7. The van der Waals surface area contributed by atoms with E-state index in [-0.39, 0.29) is 5.82 Å². The maximum atomic E-state index is 13.3. The number of tetrazole rings is 1. The van der Waals surface area contributed by atoms with E-state index in [4.69, 9.17) is 0 Å². The van der Waals surface area contributed by atoms with Crippen molar-refractivity contribution in [2.75, 3.05) is 12.0 Å². The molecule has 0 aliphatic carbocycles. The highest BCUT2D eigenvalue weighted by Gasteiger charge is 2.14. The predicted octanol–water partition coefficient (Wildman–Crippen LogP) is 1.16. The van der Waals surface area contributed by atoms with Gasteiger partial charge in [0.15, 0.2) is 5.82 Å². The number of halogens is 1. The summed E-state index contributed by atoms with van der Waals surface area (Å²) in [5, 5.41) is 18.4. The van der Waals surface area contributed by atoms with Gasteiger partial charge >= 0.3 is 0 Å². The Bertz CT molecular complexity index is 855. The van der Waals surface area contributed by atoms with Crippen LogP contribution in [0.2, 0.25) is 0 Å². The average Bonchev–Trinajstić information content (AvgIpc) is 3.23. The van der Waals surface area contributed by atoms with E-state index in [0.717, 1.165) is 43.4 Å². The summed E-state index contributed by atoms with van der Waals surface area (Å²) in [5.74, 6) is 1.44. The molecule has 3 heterocycles. The Morgan fingerprint density at radius 2 is 2.20 bits per heavy atom. The number of hydrogen-bond acceptors (Lipinski definition) is 6. The van der Waals surface area contributed by atoms with Gasteiger partial charge in [0.05, 0.1) is 18.7 Å². The first kappa shape index (κ1) is 15.7. The van der Waals surface area contributed by atoms with Gasteiger partial charge in [-0.1, -0.05) is 12.1 Å². The second-order valence-corrected chi connectivity index (χ2v) is 5.99. The first-order valence-electron chi connectivity index (χ1n) is 8.27. The Morgan fingerprint density at radius 3 is 3.12 bits per heavy atom. The maximum absolute atomic E-state index is 13.3. The van der Waals surface area contributed by atoms with E-state index in [1.54, 1.807) is 10.7 Å². The van der Waals surface area contributed by atoms with Crippen molar-refractivity contribution in [2.45, 2.75) is 32.5 Å². The smallest absolute Gasteiger partial charge is 0.155 e. The third-order valence-corrected chi connectivity index (χ3v) is 4.25. The van der Waals surface area contributed by atoms with Crippen LogP contribution in [0.25, 0.3) is 0 Å². The van der Waals surface area contributed by atoms with E-state index in [1.165, 1.54) is 17.8 Å². The largest absolute Gasteiger partial charge is 0.356 e. The van der Waals surface area contributed by atoms with Crippen molar-refractivity contribution in [3.8, 4) is 0 Å². The Balaban J connectivity index is 1.38. The van der Waals surface area contributed by atoms with Gasteiger partial charge in [0.25, 0.3) is 0 Å². The molecule has 2 N–H and O–H groups in total. The Morgan fingerprint density at radius 1 is 1.24 bits per heavy atom. The van der Waals surface area contributed by atoms with E-state index in [9.17, 15) is 4.39 Å². The van der Waals surface area contributed by atoms with Crippen LogP contribution < -0.4 is 10.6 Å². The zero-order valence-electron chi connectivity index (χ0n) is 13.7. The molecule has 0 fully saturated rings. The molecule has 0 unspecified atom stereocenters. The number of fused-ring (bicyclic) bond motifs is 1. The van der Waals surface area contributed by atoms with Crippen LogP contribution in [-0.2, 0) is 26.1 Å². The van der Waals surface area contributed by atoms with Gasteiger partial charge in [0, 0.05) is 26.1 Å². The maximum Gasteiger partial charge on any atom is 0.155 e. The molecule has 0 spiro atoms. The number of anilines is 1. The van der Waals surface area contributed by atoms with Gasteiger partial charge in [0.1, 0.15) is 11.6 Å². The van der Waals surface area contributed by atoms with Gasteiger partial charge in [0.2, 0.25) is 0 Å². The molecular formula is C16H19FN8. The van der Waals surface area contributed by atoms with E-state index in [2.05, 4.69) is 35.7 Å². The van der Waals surface area contributed by atoms with Crippen LogP contribution >= 0.6 is 0 Å². The van der Waals surface area contributed by atoms with Crippen LogP contribution in [0.4, 0.5) is 10.2 Å². The number of aryl methyl sites for hydroxylation is 2. The molecule has 2 aromatic heterocycles. The summed E-state index contributed by atoms with van der Waals surface area (Å²) >= 11 is 0. The van der Waals surface area contributed by atoms with Gasteiger partial charge in [-0.3, -0.25) is 5.32 Å². The standard InChI is InChI=1S/C16H19FN8/c17-13-4-1-3-12(7-13)8-15-21-22-23-25(15)6-2-5-24-11-20-16-14(24)9-18-10-19-16/h1,3-4,7,11,18-19H,2,5-6,8-10H2. The van der Waals surface area contributed by atoms with Gasteiger partial charge in [-0.25, -0.2) is 14.1 Å². The molecule has 130 valence electrons. The second kappa shape index (κ2) is 6.98. The van der Waals surface area contributed by atoms with Crippen LogP contribution in [0.1, 0.15) is 23.5 Å². The minimum absolute atomic E-state index is 0.247. The summed E-state index contributed by atoms with van der Waals surface area (Å²) in [5.41, 5.74) is 2.03. The summed E-state index contributed by atoms with van der Waals surface area (Å²) in [6.45, 7) is 3.10. The van der Waals surface area contributed by atoms with Crippen LogP contribution in [0.15, 0.2) is 30.6 Å². The minimum atomic E-state index is -0.247. The van der Waals surface area contributed by atoms with Crippen LogP contribution in [0.3, 0.4) is 0 Å². The van der Waals surface area contributed by atoms with Gasteiger partial charge < -0.3 is 9.88 Å². The normalized spacial score (nSPS) is 13.5. The summed E-state index contributed by atoms with van der Waals surface area (Å²) in [7, 11) is 0. The van der Waals surface area contributed by atoms with Gasteiger partial charge in [-0.2, -0.15) is 0 Å². The molecule has 1 aliphatic rings. The number of hydrogen-bond donors (Lipinski definition) is 2. The summed E-state index contributed by atoms with van der Waals surface area (Å²) in [6, 6.07) is 6.52. The molecular weight excluding hydrogens is 323 g/mol. The van der Waals surface area contributed by atoms with E-state index in [0.29, 0.717) is 13.0 Å². The molecule has 0 atom stereocenters. The Kier molecular flexibility index (Phi) is 4.38. The monoisotopic (exact) mass is 342 g/mol. The lowest BCUT2D eigenvalue weighted by atomic mass is 10.1. The van der Waals surface area contributed by atoms with Crippen molar-refractivity contribution in [3.63, 3.8) is 0 Å². The van der Waals surface area contributed by atoms with E-state index >= 15 is 0 Å². The number of nitrogens with zero attached hydrogens (tertiary/aromatic N) is 6. The lowest BCUT2D eigenvalue weighted by molar-refractivity contribution is 0.492. The highest BCUT2D eigenvalue weighted by molar-refractivity contribution is 5.42. The molecule has 0 radical (unpaired) electrons. The molecule has 4 rings (SSSR count). The molecule has 25 heavy (non-hydrogen) atoms. The molecule has 0 saturated carbocycles. The highest BCUT2D eigenvalue weighted by atomic mass is 19.1. The third-order valence-electron chi connectivity index (χ3n) is 4.25. The van der Waals surface area contributed by atoms with Gasteiger partial charge in [-0.15, -0.1) is 5.10 Å². The molecule has 8 nitrogen and oxygen atoms in total. The fourth-order valence-corrected chi connectivity index (χ4v) is 3.00. The molecule has 0 bridgehead atoms. The Hall–Kier alpha value is -2.81. The molecule has 1 aromatic carbocycles. The molecule has 0 amide bonds. The lowest BCUT2D eigenvalue weighted by Crippen LogP contribution is -2.28. The molecule has 1 aliphatic heterocycles. The Labute approximate surface area is 144 Å². The quantitative estimate of drug-likeness (QED) is 0.699. The van der Waals surface area contributed by atoms with Crippen molar-refractivity contribution in [1.29, 1.82) is 0 Å². The fourth-order valence-electron chi connectivity index (χ4n) is 3.00. The molecule has 3 aromatic rings. The minimum Gasteiger partial charge on any atom is -0.356 e.